The third-order valence-electron chi connectivity index (χ3n) is 2.37. The van der Waals surface area contributed by atoms with Crippen molar-refractivity contribution >= 4 is 39.7 Å². The average molecular weight is 301 g/mol. The molecule has 1 aromatic carbocycles. The van der Waals surface area contributed by atoms with Crippen LogP contribution in [0.1, 0.15) is 15.4 Å². The Labute approximate surface area is 118 Å². The van der Waals surface area contributed by atoms with Crippen LogP contribution >= 0.6 is 22.9 Å². The van der Waals surface area contributed by atoms with E-state index in [2.05, 4.69) is 15.0 Å². The van der Waals surface area contributed by atoms with Crippen LogP contribution in [0.25, 0.3) is 0 Å². The Kier molecular flexibility index (Phi) is 4.01. The Morgan fingerprint density at radius 1 is 1.53 bits per heavy atom. The molecule has 7 heteroatoms. The molecule has 0 saturated carbocycles. The molecule has 1 heterocycles. The Balaban J connectivity index is 2.29. The zero-order valence-electron chi connectivity index (χ0n) is 10.2. The lowest BCUT2D eigenvalue weighted by Crippen LogP contribution is -2.03. The molecule has 2 rings (SSSR count). The summed E-state index contributed by atoms with van der Waals surface area (Å²) < 4.78 is 18.3. The fourth-order valence-electron chi connectivity index (χ4n) is 1.45. The fraction of sp³-hybridized carbons (Fsp3) is 0.167. The van der Waals surface area contributed by atoms with Gasteiger partial charge in [-0.2, -0.15) is 0 Å². The number of aromatic nitrogens is 1. The molecule has 4 nitrogen and oxygen atoms in total. The van der Waals surface area contributed by atoms with E-state index in [9.17, 15) is 9.18 Å². The summed E-state index contributed by atoms with van der Waals surface area (Å²) in [5.41, 5.74) is 0.426. The minimum absolute atomic E-state index is 0.0199. The highest BCUT2D eigenvalue weighted by Gasteiger charge is 2.16. The summed E-state index contributed by atoms with van der Waals surface area (Å²) in [6.07, 6.45) is 0. The number of methoxy groups -OCH3 is 1. The number of aryl methyl sites for hydroxylation is 1. The minimum atomic E-state index is -0.559. The summed E-state index contributed by atoms with van der Waals surface area (Å²) in [4.78, 5) is 16.2. The standard InChI is InChI=1S/C12H10ClFN2O2S/c1-6-10(11(17)18-2)16-12(19-6)15-8-5-3-4-7(13)9(8)14/h3-5H,1-2H3,(H,15,16). The highest BCUT2D eigenvalue weighted by molar-refractivity contribution is 7.15. The van der Waals surface area contributed by atoms with Crippen LogP contribution in [-0.4, -0.2) is 18.1 Å². The van der Waals surface area contributed by atoms with E-state index in [4.69, 9.17) is 11.6 Å². The van der Waals surface area contributed by atoms with Gasteiger partial charge in [0.05, 0.1) is 17.8 Å². The number of thiazole rings is 1. The molecule has 19 heavy (non-hydrogen) atoms. The third kappa shape index (κ3) is 2.85. The van der Waals surface area contributed by atoms with E-state index in [1.54, 1.807) is 13.0 Å². The Hall–Kier alpha value is -1.66. The average Bonchev–Trinajstić information content (AvgIpc) is 2.75. The van der Waals surface area contributed by atoms with Gasteiger partial charge < -0.3 is 10.1 Å². The number of nitrogens with one attached hydrogen (secondary N) is 1. The zero-order valence-corrected chi connectivity index (χ0v) is 11.7. The minimum Gasteiger partial charge on any atom is -0.464 e. The molecule has 0 unspecified atom stereocenters. The Morgan fingerprint density at radius 2 is 2.26 bits per heavy atom. The van der Waals surface area contributed by atoms with E-state index in [0.29, 0.717) is 10.0 Å². The molecule has 0 atom stereocenters. The maximum atomic E-state index is 13.7. The number of esters is 1. The highest BCUT2D eigenvalue weighted by atomic mass is 35.5. The number of hydrogen-bond donors (Lipinski definition) is 1. The van der Waals surface area contributed by atoms with Gasteiger partial charge in [0.2, 0.25) is 0 Å². The molecule has 0 aliphatic heterocycles. The smallest absolute Gasteiger partial charge is 0.357 e. The summed E-state index contributed by atoms with van der Waals surface area (Å²) in [5, 5.41) is 3.22. The summed E-state index contributed by atoms with van der Waals surface area (Å²) in [6, 6.07) is 4.61. The number of ether oxygens (including phenoxy) is 1. The van der Waals surface area contributed by atoms with Gasteiger partial charge >= 0.3 is 5.97 Å². The molecule has 1 N–H and O–H groups in total. The second-order valence-electron chi connectivity index (χ2n) is 3.64. The van der Waals surface area contributed by atoms with Crippen LogP contribution in [-0.2, 0) is 4.74 Å². The SMILES string of the molecule is COC(=O)c1nc(Nc2cccc(Cl)c2F)sc1C. The van der Waals surface area contributed by atoms with Crippen molar-refractivity contribution in [2.24, 2.45) is 0 Å². The van der Waals surface area contributed by atoms with Gasteiger partial charge in [-0.15, -0.1) is 11.3 Å². The fourth-order valence-corrected chi connectivity index (χ4v) is 2.44. The first-order chi connectivity index (χ1) is 9.02. The first kappa shape index (κ1) is 13.8. The summed E-state index contributed by atoms with van der Waals surface area (Å²) in [5.74, 6) is -1.08. The zero-order chi connectivity index (χ0) is 14.0. The van der Waals surface area contributed by atoms with Crippen molar-refractivity contribution in [1.29, 1.82) is 0 Å². The third-order valence-corrected chi connectivity index (χ3v) is 3.55. The van der Waals surface area contributed by atoms with Crippen molar-refractivity contribution in [3.8, 4) is 0 Å². The maximum Gasteiger partial charge on any atom is 0.357 e. The van der Waals surface area contributed by atoms with Crippen LogP contribution < -0.4 is 5.32 Å². The number of carbonyl (C=O) groups is 1. The number of halogens is 2. The molecule has 0 saturated heterocycles. The van der Waals surface area contributed by atoms with Crippen molar-refractivity contribution in [3.63, 3.8) is 0 Å². The van der Waals surface area contributed by atoms with E-state index in [1.807, 2.05) is 0 Å². The number of nitrogens with zero attached hydrogens (tertiary/aromatic N) is 1. The first-order valence-electron chi connectivity index (χ1n) is 5.29. The lowest BCUT2D eigenvalue weighted by Gasteiger charge is -2.04. The number of anilines is 2. The second-order valence-corrected chi connectivity index (χ2v) is 5.25. The number of hydrogen-bond acceptors (Lipinski definition) is 5. The second kappa shape index (κ2) is 5.54. The normalized spacial score (nSPS) is 10.3. The molecule has 0 amide bonds. The molecule has 0 radical (unpaired) electrons. The van der Waals surface area contributed by atoms with Gasteiger partial charge in [-0.25, -0.2) is 14.2 Å². The number of benzene rings is 1. The van der Waals surface area contributed by atoms with Crippen LogP contribution in [0, 0.1) is 12.7 Å². The van der Waals surface area contributed by atoms with E-state index in [-0.39, 0.29) is 16.4 Å². The van der Waals surface area contributed by atoms with Gasteiger partial charge in [-0.3, -0.25) is 0 Å². The van der Waals surface area contributed by atoms with Gasteiger partial charge in [0.25, 0.3) is 0 Å². The molecule has 1 aromatic heterocycles. The van der Waals surface area contributed by atoms with Crippen LogP contribution in [0.5, 0.6) is 0 Å². The van der Waals surface area contributed by atoms with Gasteiger partial charge in [0.1, 0.15) is 0 Å². The first-order valence-corrected chi connectivity index (χ1v) is 6.49. The highest BCUT2D eigenvalue weighted by Crippen LogP contribution is 2.29. The number of carbonyl (C=O) groups excluding carboxylic acids is 1. The van der Waals surface area contributed by atoms with E-state index < -0.39 is 11.8 Å². The van der Waals surface area contributed by atoms with Crippen LogP contribution in [0.3, 0.4) is 0 Å². The summed E-state index contributed by atoms with van der Waals surface area (Å²) in [7, 11) is 1.28. The number of rotatable bonds is 3. The molecule has 100 valence electrons. The Morgan fingerprint density at radius 3 is 2.95 bits per heavy atom. The molecular formula is C12H10ClFN2O2S. The lowest BCUT2D eigenvalue weighted by molar-refractivity contribution is 0.0594. The predicted octanol–water partition coefficient (Wildman–Crippen LogP) is 3.77. The van der Waals surface area contributed by atoms with Crippen molar-refractivity contribution in [1.82, 2.24) is 4.98 Å². The maximum absolute atomic E-state index is 13.7. The van der Waals surface area contributed by atoms with Crippen molar-refractivity contribution in [3.05, 3.63) is 39.6 Å². The van der Waals surface area contributed by atoms with Crippen molar-refractivity contribution < 1.29 is 13.9 Å². The molecule has 0 aliphatic rings. The van der Waals surface area contributed by atoms with Crippen LogP contribution in [0.2, 0.25) is 5.02 Å². The van der Waals surface area contributed by atoms with E-state index in [0.717, 1.165) is 0 Å². The summed E-state index contributed by atoms with van der Waals surface area (Å²) >= 11 is 6.92. The largest absolute Gasteiger partial charge is 0.464 e. The molecule has 0 bridgehead atoms. The Bertz CT molecular complexity index is 630. The molecule has 0 spiro atoms. The van der Waals surface area contributed by atoms with Gasteiger partial charge in [-0.1, -0.05) is 17.7 Å². The van der Waals surface area contributed by atoms with Crippen LogP contribution in [0.4, 0.5) is 15.2 Å². The summed E-state index contributed by atoms with van der Waals surface area (Å²) in [6.45, 7) is 1.74. The molecular weight excluding hydrogens is 291 g/mol. The van der Waals surface area contributed by atoms with Gasteiger partial charge in [0, 0.05) is 4.88 Å². The van der Waals surface area contributed by atoms with Crippen molar-refractivity contribution in [2.45, 2.75) is 6.92 Å². The van der Waals surface area contributed by atoms with E-state index >= 15 is 0 Å². The topological polar surface area (TPSA) is 51.2 Å². The molecule has 0 aliphatic carbocycles. The van der Waals surface area contributed by atoms with E-state index in [1.165, 1.54) is 30.6 Å². The van der Waals surface area contributed by atoms with Crippen LogP contribution in [0.15, 0.2) is 18.2 Å². The quantitative estimate of drug-likeness (QED) is 0.877. The van der Waals surface area contributed by atoms with Gasteiger partial charge in [0.15, 0.2) is 16.6 Å². The van der Waals surface area contributed by atoms with Gasteiger partial charge in [-0.05, 0) is 19.1 Å². The molecule has 0 fully saturated rings. The predicted molar refractivity (Wildman–Crippen MR) is 72.9 cm³/mol. The lowest BCUT2D eigenvalue weighted by atomic mass is 10.3. The van der Waals surface area contributed by atoms with Crippen molar-refractivity contribution in [2.75, 3.05) is 12.4 Å². The molecule has 2 aromatic rings. The monoisotopic (exact) mass is 300 g/mol.